The number of hydrogen-bond donors (Lipinski definition) is 1. The molecule has 1 aliphatic rings. The highest BCUT2D eigenvalue weighted by molar-refractivity contribution is 5.47. The second-order valence-corrected chi connectivity index (χ2v) is 7.09. The minimum atomic E-state index is -0.0611. The monoisotopic (exact) mass is 327 g/mol. The van der Waals surface area contributed by atoms with Gasteiger partial charge in [0.15, 0.2) is 0 Å². The zero-order valence-corrected chi connectivity index (χ0v) is 14.8. The number of nitrogens with zero attached hydrogens (tertiary/aromatic N) is 6. The van der Waals surface area contributed by atoms with Gasteiger partial charge in [0.1, 0.15) is 5.82 Å². The number of hydrogen-bond acceptors (Lipinski definition) is 7. The zero-order valence-electron chi connectivity index (χ0n) is 14.8. The molecule has 2 aromatic heterocycles. The Bertz CT molecular complexity index is 673. The third-order valence-corrected chi connectivity index (χ3v) is 3.77. The topological polar surface area (TPSA) is 70.1 Å². The smallest absolute Gasteiger partial charge is 0.225 e. The third-order valence-electron chi connectivity index (χ3n) is 3.77. The maximum absolute atomic E-state index is 4.69. The van der Waals surface area contributed by atoms with Crippen molar-refractivity contribution in [2.24, 2.45) is 0 Å². The lowest BCUT2D eigenvalue weighted by atomic mass is 10.1. The summed E-state index contributed by atoms with van der Waals surface area (Å²) >= 11 is 0. The van der Waals surface area contributed by atoms with Crippen LogP contribution in [-0.2, 0) is 0 Å². The minimum Gasteiger partial charge on any atom is -0.353 e. The van der Waals surface area contributed by atoms with Gasteiger partial charge in [-0.2, -0.15) is 4.98 Å². The SMILES string of the molecule is Cc1cc(N2CCN(c3ncccn3)CC2)nc(NC(C)(C)C)n1. The van der Waals surface area contributed by atoms with Crippen LogP contribution in [0.25, 0.3) is 0 Å². The molecule has 1 N–H and O–H groups in total. The number of rotatable bonds is 3. The number of piperazine rings is 1. The van der Waals surface area contributed by atoms with Gasteiger partial charge in [0.25, 0.3) is 0 Å². The van der Waals surface area contributed by atoms with Gasteiger partial charge in [0.05, 0.1) is 0 Å². The van der Waals surface area contributed by atoms with Gasteiger partial charge in [0.2, 0.25) is 11.9 Å². The van der Waals surface area contributed by atoms with Gasteiger partial charge in [-0.15, -0.1) is 0 Å². The second-order valence-electron chi connectivity index (χ2n) is 7.09. The van der Waals surface area contributed by atoms with E-state index in [9.17, 15) is 0 Å². The van der Waals surface area contributed by atoms with E-state index in [2.05, 4.69) is 50.8 Å². The first-order chi connectivity index (χ1) is 11.4. The van der Waals surface area contributed by atoms with E-state index in [4.69, 9.17) is 4.98 Å². The molecule has 0 spiro atoms. The molecule has 1 aliphatic heterocycles. The van der Waals surface area contributed by atoms with Gasteiger partial charge in [-0.05, 0) is 33.8 Å². The molecule has 0 bridgehead atoms. The fourth-order valence-corrected chi connectivity index (χ4v) is 2.70. The zero-order chi connectivity index (χ0) is 17.2. The third kappa shape index (κ3) is 4.10. The molecule has 3 rings (SSSR count). The van der Waals surface area contributed by atoms with Crippen LogP contribution in [0.4, 0.5) is 17.7 Å². The molecule has 0 aromatic carbocycles. The Morgan fingerprint density at radius 2 is 1.58 bits per heavy atom. The van der Waals surface area contributed by atoms with Crippen molar-refractivity contribution in [2.45, 2.75) is 33.2 Å². The molecule has 128 valence electrons. The molecule has 7 nitrogen and oxygen atoms in total. The molecule has 0 radical (unpaired) electrons. The van der Waals surface area contributed by atoms with E-state index >= 15 is 0 Å². The van der Waals surface area contributed by atoms with Crippen molar-refractivity contribution >= 4 is 17.7 Å². The van der Waals surface area contributed by atoms with Crippen LogP contribution in [0.3, 0.4) is 0 Å². The van der Waals surface area contributed by atoms with Gasteiger partial charge in [-0.3, -0.25) is 0 Å². The lowest BCUT2D eigenvalue weighted by Crippen LogP contribution is -2.47. The Balaban J connectivity index is 1.70. The van der Waals surface area contributed by atoms with Crippen molar-refractivity contribution in [1.29, 1.82) is 0 Å². The van der Waals surface area contributed by atoms with E-state index in [-0.39, 0.29) is 5.54 Å². The Hall–Kier alpha value is -2.44. The van der Waals surface area contributed by atoms with Gasteiger partial charge < -0.3 is 15.1 Å². The van der Waals surface area contributed by atoms with E-state index in [0.29, 0.717) is 5.95 Å². The van der Waals surface area contributed by atoms with Crippen molar-refractivity contribution in [1.82, 2.24) is 19.9 Å². The molecule has 0 aliphatic carbocycles. The molecule has 1 saturated heterocycles. The van der Waals surface area contributed by atoms with E-state index in [0.717, 1.165) is 43.6 Å². The van der Waals surface area contributed by atoms with E-state index in [1.807, 2.05) is 19.1 Å². The molecular weight excluding hydrogens is 302 g/mol. The lowest BCUT2D eigenvalue weighted by molar-refractivity contribution is 0.619. The first kappa shape index (κ1) is 16.4. The Labute approximate surface area is 143 Å². The number of nitrogens with one attached hydrogen (secondary N) is 1. The van der Waals surface area contributed by atoms with Crippen LogP contribution in [0.15, 0.2) is 24.5 Å². The molecule has 7 heteroatoms. The highest BCUT2D eigenvalue weighted by Crippen LogP contribution is 2.20. The molecule has 0 amide bonds. The predicted molar refractivity (Wildman–Crippen MR) is 96.6 cm³/mol. The van der Waals surface area contributed by atoms with Crippen LogP contribution >= 0.6 is 0 Å². The lowest BCUT2D eigenvalue weighted by Gasteiger charge is -2.35. The maximum atomic E-state index is 4.69. The normalized spacial score (nSPS) is 15.5. The van der Waals surface area contributed by atoms with Crippen molar-refractivity contribution in [2.75, 3.05) is 41.3 Å². The van der Waals surface area contributed by atoms with Crippen LogP contribution < -0.4 is 15.1 Å². The van der Waals surface area contributed by atoms with Crippen LogP contribution in [0, 0.1) is 6.92 Å². The number of aryl methyl sites for hydroxylation is 1. The average molecular weight is 327 g/mol. The van der Waals surface area contributed by atoms with Crippen molar-refractivity contribution in [3.8, 4) is 0 Å². The standard InChI is InChI=1S/C17H25N7/c1-13-12-14(21-15(20-13)22-17(2,3)4)23-8-10-24(11-9-23)16-18-6-5-7-19-16/h5-7,12H,8-11H2,1-4H3,(H,20,21,22). The molecule has 3 heterocycles. The second kappa shape index (κ2) is 6.59. The average Bonchev–Trinajstić information content (AvgIpc) is 2.54. The molecule has 0 atom stereocenters. The van der Waals surface area contributed by atoms with E-state index in [1.165, 1.54) is 0 Å². The fraction of sp³-hybridized carbons (Fsp3) is 0.529. The van der Waals surface area contributed by atoms with E-state index in [1.54, 1.807) is 12.4 Å². The first-order valence-electron chi connectivity index (χ1n) is 8.31. The quantitative estimate of drug-likeness (QED) is 0.926. The summed E-state index contributed by atoms with van der Waals surface area (Å²) in [4.78, 5) is 22.4. The summed E-state index contributed by atoms with van der Waals surface area (Å²) in [6, 6.07) is 3.88. The maximum Gasteiger partial charge on any atom is 0.225 e. The van der Waals surface area contributed by atoms with Gasteiger partial charge in [-0.25, -0.2) is 15.0 Å². The summed E-state index contributed by atoms with van der Waals surface area (Å²) in [5.41, 5.74) is 0.912. The van der Waals surface area contributed by atoms with Gasteiger partial charge in [-0.1, -0.05) is 0 Å². The summed E-state index contributed by atoms with van der Waals surface area (Å²) in [5, 5.41) is 3.36. The highest BCUT2D eigenvalue weighted by atomic mass is 15.3. The van der Waals surface area contributed by atoms with Crippen LogP contribution in [-0.4, -0.2) is 51.7 Å². The van der Waals surface area contributed by atoms with Crippen LogP contribution in [0.5, 0.6) is 0 Å². The first-order valence-corrected chi connectivity index (χ1v) is 8.31. The summed E-state index contributed by atoms with van der Waals surface area (Å²) in [7, 11) is 0. The fourth-order valence-electron chi connectivity index (χ4n) is 2.70. The predicted octanol–water partition coefficient (Wildman–Crippen LogP) is 2.11. The molecule has 24 heavy (non-hydrogen) atoms. The van der Waals surface area contributed by atoms with Crippen LogP contribution in [0.2, 0.25) is 0 Å². The van der Waals surface area contributed by atoms with Crippen molar-refractivity contribution < 1.29 is 0 Å². The molecule has 0 saturated carbocycles. The summed E-state index contributed by atoms with van der Waals surface area (Å²) < 4.78 is 0. The van der Waals surface area contributed by atoms with Crippen molar-refractivity contribution in [3.05, 3.63) is 30.2 Å². The Morgan fingerprint density at radius 1 is 0.958 bits per heavy atom. The van der Waals surface area contributed by atoms with Gasteiger partial charge >= 0.3 is 0 Å². The Morgan fingerprint density at radius 3 is 2.21 bits per heavy atom. The number of anilines is 3. The summed E-state index contributed by atoms with van der Waals surface area (Å²) in [5.74, 6) is 2.46. The minimum absolute atomic E-state index is 0.0611. The summed E-state index contributed by atoms with van der Waals surface area (Å²) in [6.07, 6.45) is 3.57. The molecule has 1 fully saturated rings. The van der Waals surface area contributed by atoms with E-state index < -0.39 is 0 Å². The Kier molecular flexibility index (Phi) is 4.51. The highest BCUT2D eigenvalue weighted by Gasteiger charge is 2.21. The molecular formula is C17H25N7. The molecule has 0 unspecified atom stereocenters. The summed E-state index contributed by atoms with van der Waals surface area (Å²) in [6.45, 7) is 11.9. The largest absolute Gasteiger partial charge is 0.353 e. The van der Waals surface area contributed by atoms with Crippen molar-refractivity contribution in [3.63, 3.8) is 0 Å². The molecule has 2 aromatic rings. The number of aromatic nitrogens is 4. The van der Waals surface area contributed by atoms with Crippen LogP contribution in [0.1, 0.15) is 26.5 Å². The van der Waals surface area contributed by atoms with Gasteiger partial charge in [0, 0.05) is 55.9 Å².